The number of aliphatic hydroxyl groups excluding tert-OH is 1. The maximum Gasteiger partial charge on any atom is 0.411 e. The monoisotopic (exact) mass is 671 g/mol. The lowest BCUT2D eigenvalue weighted by molar-refractivity contribution is -0.134. The molecule has 5 N–H and O–H groups in total. The number of nitrogens with zero attached hydrogens (tertiary/aromatic N) is 2. The van der Waals surface area contributed by atoms with E-state index in [-0.39, 0.29) is 23.7 Å². The first-order valence-corrected chi connectivity index (χ1v) is 17.4. The molecule has 262 valence electrons. The number of anilines is 1. The number of carbonyl (C=O) groups excluding carboxylic acids is 3. The topological polar surface area (TPSA) is 143 Å². The summed E-state index contributed by atoms with van der Waals surface area (Å²) in [6.07, 6.45) is 3.60. The molecule has 0 aliphatic carbocycles. The molecule has 0 radical (unpaired) electrons. The van der Waals surface area contributed by atoms with Crippen LogP contribution in [0.4, 0.5) is 10.5 Å². The molecule has 0 saturated carbocycles. The normalized spacial score (nSPS) is 18.1. The number of amides is 3. The van der Waals surface area contributed by atoms with E-state index in [1.54, 1.807) is 12.1 Å². The van der Waals surface area contributed by atoms with Crippen molar-refractivity contribution in [3.8, 4) is 16.9 Å². The number of phenols is 1. The van der Waals surface area contributed by atoms with Gasteiger partial charge in [0.2, 0.25) is 11.8 Å². The molecule has 3 amide bonds. The van der Waals surface area contributed by atoms with E-state index in [2.05, 4.69) is 20.9 Å². The second kappa shape index (κ2) is 18.4. The Morgan fingerprint density at radius 1 is 0.918 bits per heavy atom. The number of aliphatic hydroxyl groups is 1. The van der Waals surface area contributed by atoms with Gasteiger partial charge >= 0.3 is 6.09 Å². The van der Waals surface area contributed by atoms with E-state index in [4.69, 9.17) is 4.74 Å². The highest BCUT2D eigenvalue weighted by Gasteiger charge is 2.31. The van der Waals surface area contributed by atoms with Gasteiger partial charge in [0.15, 0.2) is 0 Å². The first kappa shape index (κ1) is 35.8. The first-order chi connectivity index (χ1) is 23.8. The molecule has 11 heteroatoms. The van der Waals surface area contributed by atoms with Crippen molar-refractivity contribution in [1.82, 2.24) is 20.4 Å². The molecule has 49 heavy (non-hydrogen) atoms. The third-order valence-electron chi connectivity index (χ3n) is 9.17. The van der Waals surface area contributed by atoms with Crippen LogP contribution < -0.4 is 16.0 Å². The van der Waals surface area contributed by atoms with Crippen molar-refractivity contribution < 1.29 is 29.3 Å². The van der Waals surface area contributed by atoms with Crippen LogP contribution in [0.25, 0.3) is 11.1 Å². The summed E-state index contributed by atoms with van der Waals surface area (Å²) in [5.41, 5.74) is 3.60. The minimum atomic E-state index is -0.512. The Hall–Kier alpha value is -4.45. The highest BCUT2D eigenvalue weighted by atomic mass is 16.6. The Balaban J connectivity index is 0.944. The molecule has 2 fully saturated rings. The largest absolute Gasteiger partial charge is 0.508 e. The van der Waals surface area contributed by atoms with Gasteiger partial charge < -0.3 is 35.4 Å². The number of unbranched alkanes of at least 4 members (excludes halogenated alkanes) is 2. The smallest absolute Gasteiger partial charge is 0.411 e. The first-order valence-electron chi connectivity index (χ1n) is 17.4. The van der Waals surface area contributed by atoms with Crippen molar-refractivity contribution in [1.29, 1.82) is 0 Å². The van der Waals surface area contributed by atoms with E-state index in [0.29, 0.717) is 51.3 Å². The van der Waals surface area contributed by atoms with Gasteiger partial charge in [-0.1, -0.05) is 60.7 Å². The van der Waals surface area contributed by atoms with E-state index >= 15 is 0 Å². The maximum atomic E-state index is 13.2. The fraction of sp³-hybridized carbons (Fsp3) is 0.447. The molecule has 3 aromatic rings. The highest BCUT2D eigenvalue weighted by molar-refractivity contribution is 5.91. The number of carbonyl (C=O) groups is 3. The molecule has 0 bridgehead atoms. The third-order valence-corrected chi connectivity index (χ3v) is 9.17. The van der Waals surface area contributed by atoms with Crippen LogP contribution in [0, 0.1) is 0 Å². The van der Waals surface area contributed by atoms with E-state index < -0.39 is 18.2 Å². The zero-order valence-electron chi connectivity index (χ0n) is 28.1. The minimum Gasteiger partial charge on any atom is -0.508 e. The molecule has 3 aromatic carbocycles. The van der Waals surface area contributed by atoms with Gasteiger partial charge in [0.1, 0.15) is 11.9 Å². The van der Waals surface area contributed by atoms with Crippen LogP contribution >= 0.6 is 0 Å². The van der Waals surface area contributed by atoms with Gasteiger partial charge in [0.05, 0.1) is 17.8 Å². The number of nitrogens with one attached hydrogen (secondary N) is 3. The van der Waals surface area contributed by atoms with E-state index in [1.807, 2.05) is 71.6 Å². The van der Waals surface area contributed by atoms with Crippen molar-refractivity contribution in [2.45, 2.75) is 69.7 Å². The zero-order chi connectivity index (χ0) is 34.4. The third kappa shape index (κ3) is 11.3. The van der Waals surface area contributed by atoms with Crippen LogP contribution in [0.15, 0.2) is 78.9 Å². The molecule has 2 heterocycles. The highest BCUT2D eigenvalue weighted by Crippen LogP contribution is 2.28. The van der Waals surface area contributed by atoms with Gasteiger partial charge in [0.25, 0.3) is 0 Å². The van der Waals surface area contributed by atoms with Gasteiger partial charge in [-0.25, -0.2) is 4.79 Å². The summed E-state index contributed by atoms with van der Waals surface area (Å²) in [4.78, 5) is 42.4. The number of para-hydroxylation sites is 1. The van der Waals surface area contributed by atoms with Crippen LogP contribution in [0.1, 0.15) is 50.5 Å². The number of hydrogen-bond donors (Lipinski definition) is 5. The van der Waals surface area contributed by atoms with Crippen molar-refractivity contribution in [3.63, 3.8) is 0 Å². The molecule has 2 aliphatic rings. The number of ether oxygens (including phenoxy) is 1. The fourth-order valence-electron chi connectivity index (χ4n) is 6.40. The molecule has 2 atom stereocenters. The predicted octanol–water partition coefficient (Wildman–Crippen LogP) is 4.50. The van der Waals surface area contributed by atoms with Crippen LogP contribution in [-0.4, -0.2) is 95.4 Å². The predicted molar refractivity (Wildman–Crippen MR) is 189 cm³/mol. The summed E-state index contributed by atoms with van der Waals surface area (Å²) < 4.78 is 5.74. The van der Waals surface area contributed by atoms with Crippen LogP contribution in [-0.2, 0) is 20.9 Å². The fourth-order valence-corrected chi connectivity index (χ4v) is 6.40. The molecule has 2 saturated heterocycles. The average molecular weight is 672 g/mol. The van der Waals surface area contributed by atoms with Gasteiger partial charge in [-0.3, -0.25) is 14.9 Å². The van der Waals surface area contributed by atoms with Gasteiger partial charge in [-0.15, -0.1) is 0 Å². The number of β-amino-alcohol motifs (C(OH)–C–C–N with tert-alkyl or cyclic N) is 1. The number of aromatic hydroxyl groups is 1. The number of likely N-dealkylation sites (tertiary alicyclic amines) is 1. The molecule has 0 spiro atoms. The summed E-state index contributed by atoms with van der Waals surface area (Å²) in [6, 6.07) is 24.1. The molecule has 5 rings (SSSR count). The lowest BCUT2D eigenvalue weighted by atomic mass is 10.0. The SMILES string of the molecule is O=C(CCN1CCC(OC(=O)Nc2ccccc2-c2ccccc2)CC1)NCCCCCN(Cc1ccc(O)cc1)C(=O)[C@@H]1C[C@@H](O)CN1. The van der Waals surface area contributed by atoms with Gasteiger partial charge in [-0.05, 0) is 67.9 Å². The molecule has 11 nitrogen and oxygen atoms in total. The number of benzene rings is 3. The molecule has 0 unspecified atom stereocenters. The number of phenolic OH excluding ortho intramolecular Hbond substituents is 1. The van der Waals surface area contributed by atoms with E-state index in [1.165, 1.54) is 0 Å². The molecular weight excluding hydrogens is 622 g/mol. The summed E-state index contributed by atoms with van der Waals surface area (Å²) in [7, 11) is 0. The lowest BCUT2D eigenvalue weighted by Gasteiger charge is -2.31. The molecule has 0 aromatic heterocycles. The van der Waals surface area contributed by atoms with Crippen LogP contribution in [0.2, 0.25) is 0 Å². The van der Waals surface area contributed by atoms with E-state index in [9.17, 15) is 24.6 Å². The second-order valence-electron chi connectivity index (χ2n) is 12.9. The van der Waals surface area contributed by atoms with Gasteiger partial charge in [0, 0.05) is 57.8 Å². The standard InChI is InChI=1S/C38H49N5O6/c44-30-15-13-28(14-16-30)27-43(37(47)35-25-31(45)26-40-35)21-8-2-7-20-39-36(46)19-24-42-22-17-32(18-23-42)49-38(48)41-34-12-6-5-11-33(34)29-9-3-1-4-10-29/h1,3-6,9-16,31-32,35,40,44-45H,2,7-8,17-27H2,(H,39,46)(H,41,48)/t31-,35+/m1/s1. The Morgan fingerprint density at radius 2 is 1.65 bits per heavy atom. The Bertz CT molecular complexity index is 1500. The zero-order valence-corrected chi connectivity index (χ0v) is 28.1. The number of piperidine rings is 1. The van der Waals surface area contributed by atoms with E-state index in [0.717, 1.165) is 61.9 Å². The van der Waals surface area contributed by atoms with Crippen LogP contribution in [0.5, 0.6) is 5.75 Å². The maximum absolute atomic E-state index is 13.2. The molecule has 2 aliphatic heterocycles. The quantitative estimate of drug-likeness (QED) is 0.149. The lowest BCUT2D eigenvalue weighted by Crippen LogP contribution is -2.43. The van der Waals surface area contributed by atoms with Gasteiger partial charge in [-0.2, -0.15) is 0 Å². The van der Waals surface area contributed by atoms with Crippen LogP contribution in [0.3, 0.4) is 0 Å². The van der Waals surface area contributed by atoms with Crippen molar-refractivity contribution >= 4 is 23.6 Å². The Morgan fingerprint density at radius 3 is 2.39 bits per heavy atom. The Labute approximate surface area is 288 Å². The summed E-state index contributed by atoms with van der Waals surface area (Å²) in [6.45, 7) is 4.20. The summed E-state index contributed by atoms with van der Waals surface area (Å²) in [5.74, 6) is 0.174. The van der Waals surface area contributed by atoms with Crippen molar-refractivity contribution in [3.05, 3.63) is 84.4 Å². The van der Waals surface area contributed by atoms with Crippen molar-refractivity contribution in [2.75, 3.05) is 44.6 Å². The number of hydrogen-bond acceptors (Lipinski definition) is 8. The van der Waals surface area contributed by atoms with Crippen molar-refractivity contribution in [2.24, 2.45) is 0 Å². The summed E-state index contributed by atoms with van der Waals surface area (Å²) >= 11 is 0. The Kier molecular flexibility index (Phi) is 13.4. The second-order valence-corrected chi connectivity index (χ2v) is 12.9. The number of rotatable bonds is 15. The minimum absolute atomic E-state index is 0.0184. The summed E-state index contributed by atoms with van der Waals surface area (Å²) in [5, 5.41) is 28.5. The molecular formula is C38H49N5O6. The average Bonchev–Trinajstić information content (AvgIpc) is 3.56.